The number of amides is 1. The van der Waals surface area contributed by atoms with Crippen LogP contribution in [0.1, 0.15) is 50.0 Å². The van der Waals surface area contributed by atoms with Gasteiger partial charge < -0.3 is 19.5 Å². The van der Waals surface area contributed by atoms with Crippen molar-refractivity contribution in [1.82, 2.24) is 4.90 Å². The largest absolute Gasteiger partial charge is 0.481 e. The molecule has 6 heteroatoms. The second-order valence-corrected chi connectivity index (χ2v) is 7.65. The van der Waals surface area contributed by atoms with Crippen molar-refractivity contribution < 1.29 is 24.2 Å². The van der Waals surface area contributed by atoms with Crippen LogP contribution < -0.4 is 9.47 Å². The molecular formula is C20H25NO5. The second-order valence-electron chi connectivity index (χ2n) is 7.65. The second kappa shape index (κ2) is 7.17. The molecule has 1 aromatic carbocycles. The first-order valence-corrected chi connectivity index (χ1v) is 9.52. The van der Waals surface area contributed by atoms with Crippen molar-refractivity contribution in [1.29, 1.82) is 0 Å². The summed E-state index contributed by atoms with van der Waals surface area (Å²) in [6.07, 6.45) is 6.47. The van der Waals surface area contributed by atoms with Gasteiger partial charge in [0.25, 0.3) is 0 Å². The van der Waals surface area contributed by atoms with E-state index in [4.69, 9.17) is 9.47 Å². The summed E-state index contributed by atoms with van der Waals surface area (Å²) >= 11 is 0. The number of rotatable bonds is 5. The Morgan fingerprint density at radius 2 is 1.88 bits per heavy atom. The Kier molecular flexibility index (Phi) is 4.74. The number of hydrogen-bond acceptors (Lipinski definition) is 4. The Morgan fingerprint density at radius 1 is 1.12 bits per heavy atom. The van der Waals surface area contributed by atoms with Gasteiger partial charge in [0, 0.05) is 25.4 Å². The van der Waals surface area contributed by atoms with Crippen LogP contribution in [0.3, 0.4) is 0 Å². The number of carbonyl (C=O) groups is 2. The summed E-state index contributed by atoms with van der Waals surface area (Å²) in [6.45, 7) is 0.940. The molecule has 2 atom stereocenters. The lowest BCUT2D eigenvalue weighted by molar-refractivity contribution is -0.141. The van der Waals surface area contributed by atoms with Crippen molar-refractivity contribution in [3.63, 3.8) is 0 Å². The Balaban J connectivity index is 1.44. The maximum absolute atomic E-state index is 12.6. The van der Waals surface area contributed by atoms with E-state index in [1.54, 1.807) is 4.90 Å². The van der Waals surface area contributed by atoms with Crippen molar-refractivity contribution in [2.75, 3.05) is 19.9 Å². The predicted octanol–water partition coefficient (Wildman–Crippen LogP) is 3.01. The summed E-state index contributed by atoms with van der Waals surface area (Å²) in [5, 5.41) is 9.65. The summed E-state index contributed by atoms with van der Waals surface area (Å²) < 4.78 is 10.7. The minimum Gasteiger partial charge on any atom is -0.481 e. The molecule has 3 aliphatic rings. The Hall–Kier alpha value is -2.24. The van der Waals surface area contributed by atoms with Crippen molar-refractivity contribution in [3.8, 4) is 11.5 Å². The lowest BCUT2D eigenvalue weighted by atomic mass is 9.89. The molecule has 1 saturated heterocycles. The van der Waals surface area contributed by atoms with Gasteiger partial charge in [-0.15, -0.1) is 0 Å². The maximum Gasteiger partial charge on any atom is 0.308 e. The first kappa shape index (κ1) is 17.2. The van der Waals surface area contributed by atoms with Crippen LogP contribution in [0.5, 0.6) is 11.5 Å². The third-order valence-electron chi connectivity index (χ3n) is 6.06. The van der Waals surface area contributed by atoms with Gasteiger partial charge in [0.1, 0.15) is 0 Å². The highest BCUT2D eigenvalue weighted by atomic mass is 16.7. The number of nitrogens with zero attached hydrogens (tertiary/aromatic N) is 1. The fraction of sp³-hybridized carbons (Fsp3) is 0.600. The molecule has 2 heterocycles. The van der Waals surface area contributed by atoms with Crippen LogP contribution in [-0.2, 0) is 9.59 Å². The molecule has 0 spiro atoms. The van der Waals surface area contributed by atoms with Gasteiger partial charge in [-0.2, -0.15) is 0 Å². The number of fused-ring (bicyclic) bond motifs is 1. The summed E-state index contributed by atoms with van der Waals surface area (Å²) in [5.74, 6) is 0.454. The zero-order chi connectivity index (χ0) is 18.1. The summed E-state index contributed by atoms with van der Waals surface area (Å²) in [6, 6.07) is 5.57. The van der Waals surface area contributed by atoms with Gasteiger partial charge in [-0.05, 0) is 30.0 Å². The maximum atomic E-state index is 12.6. The number of carboxylic acids is 1. The number of benzene rings is 1. The molecule has 26 heavy (non-hydrogen) atoms. The molecule has 0 unspecified atom stereocenters. The van der Waals surface area contributed by atoms with Gasteiger partial charge in [0.2, 0.25) is 12.7 Å². The van der Waals surface area contributed by atoms with Gasteiger partial charge in [-0.3, -0.25) is 9.59 Å². The van der Waals surface area contributed by atoms with Crippen molar-refractivity contribution in [2.45, 2.75) is 44.4 Å². The molecule has 6 nitrogen and oxygen atoms in total. The Morgan fingerprint density at radius 3 is 2.65 bits per heavy atom. The van der Waals surface area contributed by atoms with E-state index in [1.165, 1.54) is 25.7 Å². The van der Waals surface area contributed by atoms with Crippen LogP contribution in [0.25, 0.3) is 0 Å². The average Bonchev–Trinajstić information content (AvgIpc) is 3.38. The average molecular weight is 359 g/mol. The van der Waals surface area contributed by atoms with Crippen LogP contribution in [0.4, 0.5) is 0 Å². The van der Waals surface area contributed by atoms with E-state index in [0.29, 0.717) is 30.4 Å². The molecule has 1 aromatic rings. The topological polar surface area (TPSA) is 76.1 Å². The third kappa shape index (κ3) is 3.37. The molecule has 1 N–H and O–H groups in total. The molecule has 0 radical (unpaired) electrons. The number of hydrogen-bond donors (Lipinski definition) is 1. The Bertz CT molecular complexity index is 697. The summed E-state index contributed by atoms with van der Waals surface area (Å²) in [7, 11) is 0. The van der Waals surface area contributed by atoms with E-state index in [9.17, 15) is 14.7 Å². The highest BCUT2D eigenvalue weighted by Crippen LogP contribution is 2.39. The number of carbonyl (C=O) groups excluding carboxylic acids is 1. The monoisotopic (exact) mass is 359 g/mol. The SMILES string of the molecule is O=C(O)[C@@H]1CN(C(=O)CCC2CCCC2)C[C@H]1c1ccc2c(c1)OCO2. The van der Waals surface area contributed by atoms with Crippen LogP contribution in [-0.4, -0.2) is 41.8 Å². The van der Waals surface area contributed by atoms with Crippen LogP contribution in [0, 0.1) is 11.8 Å². The Labute approximate surface area is 153 Å². The van der Waals surface area contributed by atoms with E-state index in [0.717, 1.165) is 12.0 Å². The molecule has 0 bridgehead atoms. The van der Waals surface area contributed by atoms with E-state index < -0.39 is 11.9 Å². The zero-order valence-electron chi connectivity index (χ0n) is 14.9. The number of carboxylic acid groups (broad SMARTS) is 1. The third-order valence-corrected chi connectivity index (χ3v) is 6.06. The number of ether oxygens (including phenoxy) is 2. The highest BCUT2D eigenvalue weighted by Gasteiger charge is 2.40. The van der Waals surface area contributed by atoms with Gasteiger partial charge in [0.05, 0.1) is 5.92 Å². The van der Waals surface area contributed by atoms with Crippen LogP contribution in [0.2, 0.25) is 0 Å². The normalized spacial score (nSPS) is 25.0. The van der Waals surface area contributed by atoms with E-state index in [-0.39, 0.29) is 25.2 Å². The fourth-order valence-electron chi connectivity index (χ4n) is 4.52. The van der Waals surface area contributed by atoms with Gasteiger partial charge >= 0.3 is 5.97 Å². The molecule has 2 fully saturated rings. The lowest BCUT2D eigenvalue weighted by Crippen LogP contribution is -2.30. The zero-order valence-corrected chi connectivity index (χ0v) is 14.9. The molecule has 1 amide bonds. The van der Waals surface area contributed by atoms with Crippen LogP contribution in [0.15, 0.2) is 18.2 Å². The first-order chi connectivity index (χ1) is 12.6. The van der Waals surface area contributed by atoms with Crippen molar-refractivity contribution >= 4 is 11.9 Å². The molecule has 1 aliphatic carbocycles. The van der Waals surface area contributed by atoms with E-state index >= 15 is 0 Å². The predicted molar refractivity (Wildman–Crippen MR) is 94.2 cm³/mol. The minimum absolute atomic E-state index is 0.0893. The molecular weight excluding hydrogens is 334 g/mol. The first-order valence-electron chi connectivity index (χ1n) is 9.52. The summed E-state index contributed by atoms with van der Waals surface area (Å²) in [4.78, 5) is 26.1. The van der Waals surface area contributed by atoms with Gasteiger partial charge in [-0.25, -0.2) is 0 Å². The molecule has 0 aromatic heterocycles. The van der Waals surface area contributed by atoms with Crippen LogP contribution >= 0.6 is 0 Å². The van der Waals surface area contributed by atoms with Crippen molar-refractivity contribution in [2.24, 2.45) is 11.8 Å². The van der Waals surface area contributed by atoms with Crippen molar-refractivity contribution in [3.05, 3.63) is 23.8 Å². The fourth-order valence-corrected chi connectivity index (χ4v) is 4.52. The highest BCUT2D eigenvalue weighted by molar-refractivity contribution is 5.79. The quantitative estimate of drug-likeness (QED) is 0.875. The smallest absolute Gasteiger partial charge is 0.308 e. The molecule has 2 aliphatic heterocycles. The van der Waals surface area contributed by atoms with Gasteiger partial charge in [0.15, 0.2) is 11.5 Å². The molecule has 140 valence electrons. The molecule has 4 rings (SSSR count). The number of likely N-dealkylation sites (tertiary alicyclic amines) is 1. The number of aliphatic carboxylic acids is 1. The van der Waals surface area contributed by atoms with E-state index in [2.05, 4.69) is 0 Å². The van der Waals surface area contributed by atoms with E-state index in [1.807, 2.05) is 18.2 Å². The lowest BCUT2D eigenvalue weighted by Gasteiger charge is -2.18. The van der Waals surface area contributed by atoms with Gasteiger partial charge in [-0.1, -0.05) is 31.7 Å². The molecule has 1 saturated carbocycles. The standard InChI is InChI=1S/C20H25NO5/c22-19(8-5-13-3-1-2-4-13)21-10-15(16(11-21)20(23)24)14-6-7-17-18(9-14)26-12-25-17/h6-7,9,13,15-16H,1-5,8,10-12H2,(H,23,24)/t15-,16+/m0/s1. The minimum atomic E-state index is -0.848. The summed E-state index contributed by atoms with van der Waals surface area (Å²) in [5.41, 5.74) is 0.896.